The number of nitrogens with one attached hydrogen (secondary N) is 1. The SMILES string of the molecule is C=c1cc(-c2ccc(/C=C(\C#N)C(=O)NC(C)(C)CCO)n2C)cc/c1=C/C(=CC)N1CCOCC1. The zero-order valence-corrected chi connectivity index (χ0v) is 21.7. The Morgan fingerprint density at radius 3 is 2.61 bits per heavy atom. The van der Waals surface area contributed by atoms with Crippen molar-refractivity contribution in [2.75, 3.05) is 32.9 Å². The van der Waals surface area contributed by atoms with E-state index in [2.05, 4.69) is 47.1 Å². The van der Waals surface area contributed by atoms with Crippen molar-refractivity contribution in [2.24, 2.45) is 7.05 Å². The Labute approximate surface area is 213 Å². The van der Waals surface area contributed by atoms with E-state index in [-0.39, 0.29) is 12.2 Å². The van der Waals surface area contributed by atoms with Gasteiger partial charge in [-0.25, -0.2) is 0 Å². The number of hydrogen-bond acceptors (Lipinski definition) is 5. The molecule has 1 aromatic carbocycles. The van der Waals surface area contributed by atoms with Crippen LogP contribution >= 0.6 is 0 Å². The molecule has 0 unspecified atom stereocenters. The Morgan fingerprint density at radius 2 is 2.00 bits per heavy atom. The minimum atomic E-state index is -0.612. The lowest BCUT2D eigenvalue weighted by Crippen LogP contribution is -2.44. The van der Waals surface area contributed by atoms with Crippen molar-refractivity contribution in [3.63, 3.8) is 0 Å². The van der Waals surface area contributed by atoms with Gasteiger partial charge in [0.1, 0.15) is 11.6 Å². The summed E-state index contributed by atoms with van der Waals surface area (Å²) in [6.07, 6.45) is 6.26. The summed E-state index contributed by atoms with van der Waals surface area (Å²) in [4.78, 5) is 15.0. The maximum Gasteiger partial charge on any atom is 0.262 e. The molecule has 0 saturated carbocycles. The standard InChI is InChI=1S/C29H36N4O3/c1-6-25(33-12-15-36-16-13-33)18-22-7-8-23(17-21(22)2)27-10-9-26(32(27)5)19-24(20-30)28(35)31-29(3,4)11-14-34/h6-10,17-19,34H,2,11-16H2,1,3-5H3,(H,31,35)/b22-18-,24-19+,25-6?. The molecule has 2 N–H and O–H groups in total. The van der Waals surface area contributed by atoms with Gasteiger partial charge in [0.2, 0.25) is 0 Å². The van der Waals surface area contributed by atoms with E-state index in [0.717, 1.165) is 59.4 Å². The van der Waals surface area contributed by atoms with E-state index in [9.17, 15) is 15.2 Å². The lowest BCUT2D eigenvalue weighted by molar-refractivity contribution is -0.118. The highest BCUT2D eigenvalue weighted by Crippen LogP contribution is 2.22. The number of carbonyl (C=O) groups is 1. The average molecular weight is 489 g/mol. The fraction of sp³-hybridized carbons (Fsp3) is 0.379. The third-order valence-electron chi connectivity index (χ3n) is 6.42. The first-order valence-electron chi connectivity index (χ1n) is 12.2. The van der Waals surface area contributed by atoms with Gasteiger partial charge in [0.15, 0.2) is 0 Å². The summed E-state index contributed by atoms with van der Waals surface area (Å²) in [7, 11) is 1.91. The van der Waals surface area contributed by atoms with Gasteiger partial charge >= 0.3 is 0 Å². The van der Waals surface area contributed by atoms with E-state index < -0.39 is 11.4 Å². The third kappa shape index (κ3) is 6.54. The minimum absolute atomic E-state index is 0.0126. The Kier molecular flexibility index (Phi) is 8.92. The summed E-state index contributed by atoms with van der Waals surface area (Å²) in [5.74, 6) is -0.460. The van der Waals surface area contributed by atoms with Gasteiger partial charge in [0.25, 0.3) is 5.91 Å². The van der Waals surface area contributed by atoms with Crippen LogP contribution < -0.4 is 15.8 Å². The van der Waals surface area contributed by atoms with Gasteiger partial charge in [-0.3, -0.25) is 4.79 Å². The number of ether oxygens (including phenoxy) is 1. The number of nitrogens with zero attached hydrogens (tertiary/aromatic N) is 3. The molecule has 0 spiro atoms. The molecule has 1 fully saturated rings. The number of aliphatic hydroxyl groups excluding tert-OH is 1. The van der Waals surface area contributed by atoms with Crippen LogP contribution in [0.5, 0.6) is 0 Å². The van der Waals surface area contributed by atoms with Crippen molar-refractivity contribution >= 4 is 24.6 Å². The highest BCUT2D eigenvalue weighted by molar-refractivity contribution is 6.02. The number of nitriles is 1. The zero-order chi connectivity index (χ0) is 26.3. The number of aromatic nitrogens is 1. The van der Waals surface area contributed by atoms with Gasteiger partial charge in [-0.05, 0) is 73.5 Å². The van der Waals surface area contributed by atoms with E-state index in [0.29, 0.717) is 6.42 Å². The van der Waals surface area contributed by atoms with Crippen LogP contribution in [0.25, 0.3) is 30.0 Å². The summed E-state index contributed by atoms with van der Waals surface area (Å²) in [5.41, 5.74) is 3.25. The normalized spacial score (nSPS) is 15.7. The van der Waals surface area contributed by atoms with Crippen LogP contribution in [0.4, 0.5) is 0 Å². The quantitative estimate of drug-likeness (QED) is 0.440. The molecular weight excluding hydrogens is 452 g/mol. The van der Waals surface area contributed by atoms with Crippen LogP contribution in [0.2, 0.25) is 0 Å². The van der Waals surface area contributed by atoms with Crippen molar-refractivity contribution in [2.45, 2.75) is 32.7 Å². The van der Waals surface area contributed by atoms with Crippen LogP contribution in [-0.4, -0.2) is 58.9 Å². The fourth-order valence-electron chi connectivity index (χ4n) is 4.22. The molecule has 1 aliphatic heterocycles. The number of carbonyl (C=O) groups excluding carboxylic acids is 1. The summed E-state index contributed by atoms with van der Waals surface area (Å²) < 4.78 is 7.42. The number of morpholine rings is 1. The van der Waals surface area contributed by atoms with Crippen LogP contribution in [0.3, 0.4) is 0 Å². The fourth-order valence-corrected chi connectivity index (χ4v) is 4.22. The van der Waals surface area contributed by atoms with Crippen molar-refractivity contribution in [1.82, 2.24) is 14.8 Å². The largest absolute Gasteiger partial charge is 0.396 e. The highest BCUT2D eigenvalue weighted by atomic mass is 16.5. The average Bonchev–Trinajstić information content (AvgIpc) is 3.21. The monoisotopic (exact) mass is 488 g/mol. The summed E-state index contributed by atoms with van der Waals surface area (Å²) >= 11 is 0. The molecule has 0 bridgehead atoms. The smallest absolute Gasteiger partial charge is 0.262 e. The second kappa shape index (κ2) is 11.9. The Balaban J connectivity index is 1.87. The van der Waals surface area contributed by atoms with Gasteiger partial charge in [-0.2, -0.15) is 5.26 Å². The van der Waals surface area contributed by atoms with Gasteiger partial charge in [0.05, 0.1) is 13.2 Å². The molecular formula is C29H36N4O3. The number of benzene rings is 1. The maximum absolute atomic E-state index is 12.6. The molecule has 2 aromatic rings. The summed E-state index contributed by atoms with van der Waals surface area (Å²) in [5, 5.41) is 23.6. The second-order valence-corrected chi connectivity index (χ2v) is 9.55. The second-order valence-electron chi connectivity index (χ2n) is 9.55. The van der Waals surface area contributed by atoms with Crippen molar-refractivity contribution in [3.8, 4) is 17.3 Å². The number of allylic oxidation sites excluding steroid dienone is 2. The van der Waals surface area contributed by atoms with E-state index in [1.807, 2.05) is 50.6 Å². The maximum atomic E-state index is 12.6. The van der Waals surface area contributed by atoms with Gasteiger partial charge < -0.3 is 24.6 Å². The van der Waals surface area contributed by atoms with Crippen molar-refractivity contribution in [1.29, 1.82) is 5.26 Å². The molecule has 1 aromatic heterocycles. The molecule has 7 nitrogen and oxygen atoms in total. The first-order chi connectivity index (χ1) is 17.2. The Bertz CT molecular complexity index is 1300. The Hall–Kier alpha value is -3.60. The molecule has 1 amide bonds. The van der Waals surface area contributed by atoms with Gasteiger partial charge in [0, 0.05) is 49.4 Å². The molecule has 1 saturated heterocycles. The van der Waals surface area contributed by atoms with Gasteiger partial charge in [-0.15, -0.1) is 0 Å². The predicted molar refractivity (Wildman–Crippen MR) is 144 cm³/mol. The molecule has 2 heterocycles. The first-order valence-corrected chi connectivity index (χ1v) is 12.2. The van der Waals surface area contributed by atoms with Crippen molar-refractivity contribution < 1.29 is 14.6 Å². The van der Waals surface area contributed by atoms with Crippen LogP contribution in [0, 0.1) is 11.3 Å². The molecule has 36 heavy (non-hydrogen) atoms. The van der Waals surface area contributed by atoms with E-state index >= 15 is 0 Å². The molecule has 3 rings (SSSR count). The summed E-state index contributed by atoms with van der Waals surface area (Å²) in [6, 6.07) is 12.0. The predicted octanol–water partition coefficient (Wildman–Crippen LogP) is 2.30. The topological polar surface area (TPSA) is 90.5 Å². The minimum Gasteiger partial charge on any atom is -0.396 e. The molecule has 190 valence electrons. The van der Waals surface area contributed by atoms with Gasteiger partial charge in [-0.1, -0.05) is 24.8 Å². The van der Waals surface area contributed by atoms with Crippen molar-refractivity contribution in [3.05, 3.63) is 63.8 Å². The molecule has 0 radical (unpaired) electrons. The highest BCUT2D eigenvalue weighted by Gasteiger charge is 2.22. The van der Waals surface area contributed by atoms with Crippen LogP contribution in [-0.2, 0) is 16.6 Å². The lowest BCUT2D eigenvalue weighted by Gasteiger charge is -2.29. The Morgan fingerprint density at radius 1 is 1.28 bits per heavy atom. The summed E-state index contributed by atoms with van der Waals surface area (Å²) in [6.45, 7) is 13.1. The zero-order valence-electron chi connectivity index (χ0n) is 21.7. The first kappa shape index (κ1) is 27.0. The van der Waals surface area contributed by atoms with Crippen LogP contribution in [0.1, 0.15) is 32.9 Å². The number of hydrogen-bond donors (Lipinski definition) is 2. The number of rotatable bonds is 8. The van der Waals surface area contributed by atoms with E-state index in [1.165, 1.54) is 0 Å². The molecule has 0 aliphatic carbocycles. The number of aliphatic hydroxyl groups is 1. The molecule has 1 aliphatic rings. The molecule has 0 atom stereocenters. The lowest BCUT2D eigenvalue weighted by atomic mass is 10.0. The third-order valence-corrected chi connectivity index (χ3v) is 6.42. The van der Waals surface area contributed by atoms with E-state index in [1.54, 1.807) is 6.08 Å². The number of amides is 1. The van der Waals surface area contributed by atoms with Crippen LogP contribution in [0.15, 0.2) is 47.7 Å². The molecule has 7 heteroatoms. The van der Waals surface area contributed by atoms with E-state index in [4.69, 9.17) is 4.74 Å².